The van der Waals surface area contributed by atoms with E-state index in [1.165, 1.54) is 13.8 Å². The van der Waals surface area contributed by atoms with E-state index in [0.717, 1.165) is 0 Å². The Kier molecular flexibility index (Phi) is 3.35. The number of rotatable bonds is 2. The second-order valence-electron chi connectivity index (χ2n) is 3.48. The van der Waals surface area contributed by atoms with Gasteiger partial charge in [0.15, 0.2) is 5.78 Å². The fourth-order valence-electron chi connectivity index (χ4n) is 1.02. The molecule has 14 heavy (non-hydrogen) atoms. The molecule has 1 N–H and O–H groups in total. The van der Waals surface area contributed by atoms with Crippen molar-refractivity contribution in [2.45, 2.75) is 19.4 Å². The van der Waals surface area contributed by atoms with E-state index in [0.29, 0.717) is 15.1 Å². The molecule has 76 valence electrons. The van der Waals surface area contributed by atoms with Gasteiger partial charge in [0.25, 0.3) is 0 Å². The van der Waals surface area contributed by atoms with Crippen LogP contribution in [0.5, 0.6) is 0 Å². The van der Waals surface area contributed by atoms with Gasteiger partial charge in [-0.25, -0.2) is 0 Å². The van der Waals surface area contributed by atoms with Crippen LogP contribution in [-0.2, 0) is 0 Å². The van der Waals surface area contributed by atoms with Gasteiger partial charge in [0.2, 0.25) is 0 Å². The number of benzene rings is 1. The highest BCUT2D eigenvalue weighted by Gasteiger charge is 2.28. The molecule has 0 saturated carbocycles. The number of halogens is 2. The summed E-state index contributed by atoms with van der Waals surface area (Å²) >= 11 is 9.09. The first-order chi connectivity index (χ1) is 6.34. The third-order valence-corrected chi connectivity index (χ3v) is 2.72. The largest absolute Gasteiger partial charge is 0.382 e. The molecule has 0 heterocycles. The minimum atomic E-state index is -1.41. The molecular formula is C10H10BrClO2. The molecule has 4 heteroatoms. The first-order valence-corrected chi connectivity index (χ1v) is 5.22. The molecule has 2 nitrogen and oxygen atoms in total. The Morgan fingerprint density at radius 3 is 2.50 bits per heavy atom. The van der Waals surface area contributed by atoms with Crippen LogP contribution >= 0.6 is 27.5 Å². The number of hydrogen-bond acceptors (Lipinski definition) is 2. The highest BCUT2D eigenvalue weighted by molar-refractivity contribution is 9.10. The Morgan fingerprint density at radius 1 is 1.50 bits per heavy atom. The number of ketones is 1. The summed E-state index contributed by atoms with van der Waals surface area (Å²) in [6.07, 6.45) is 0. The van der Waals surface area contributed by atoms with E-state index in [2.05, 4.69) is 15.9 Å². The number of Topliss-reactive ketones (excluding diaryl/α,β-unsaturated/α-hetero) is 1. The zero-order chi connectivity index (χ0) is 10.9. The van der Waals surface area contributed by atoms with Gasteiger partial charge < -0.3 is 5.11 Å². The lowest BCUT2D eigenvalue weighted by molar-refractivity contribution is 0.0487. The molecule has 0 saturated heterocycles. The molecule has 1 rings (SSSR count). The van der Waals surface area contributed by atoms with Gasteiger partial charge in [-0.3, -0.25) is 4.79 Å². The number of carbonyl (C=O) groups excluding carboxylic acids is 1. The van der Waals surface area contributed by atoms with Crippen LogP contribution in [0.25, 0.3) is 0 Å². The van der Waals surface area contributed by atoms with Gasteiger partial charge >= 0.3 is 0 Å². The van der Waals surface area contributed by atoms with Crippen LogP contribution in [0.1, 0.15) is 24.2 Å². The highest BCUT2D eigenvalue weighted by Crippen LogP contribution is 2.28. The molecule has 0 unspecified atom stereocenters. The molecule has 1 aromatic carbocycles. The van der Waals surface area contributed by atoms with Crippen LogP contribution in [0, 0.1) is 0 Å². The Bertz CT molecular complexity index is 349. The number of hydrogen-bond donors (Lipinski definition) is 1. The third-order valence-electron chi connectivity index (χ3n) is 1.75. The molecule has 0 amide bonds. The van der Waals surface area contributed by atoms with Gasteiger partial charge in [-0.1, -0.05) is 17.7 Å². The second-order valence-corrected chi connectivity index (χ2v) is 4.75. The summed E-state index contributed by atoms with van der Waals surface area (Å²) in [4.78, 5) is 11.7. The lowest BCUT2D eigenvalue weighted by atomic mass is 9.97. The van der Waals surface area contributed by atoms with E-state index in [4.69, 9.17) is 11.6 Å². The summed E-state index contributed by atoms with van der Waals surface area (Å²) in [5.41, 5.74) is -1.09. The van der Waals surface area contributed by atoms with Crippen molar-refractivity contribution in [2.24, 2.45) is 0 Å². The third kappa shape index (κ3) is 2.35. The standard InChI is InChI=1S/C10H10BrClO2/c1-10(2,14)9(13)8-6(11)4-3-5-7(8)12/h3-5,14H,1-2H3. The first-order valence-electron chi connectivity index (χ1n) is 4.05. The van der Waals surface area contributed by atoms with Gasteiger partial charge in [0.05, 0.1) is 10.6 Å². The van der Waals surface area contributed by atoms with Crippen molar-refractivity contribution in [1.29, 1.82) is 0 Å². The Hall–Kier alpha value is -0.380. The topological polar surface area (TPSA) is 37.3 Å². The van der Waals surface area contributed by atoms with E-state index in [9.17, 15) is 9.90 Å². The lowest BCUT2D eigenvalue weighted by Gasteiger charge is -2.17. The Morgan fingerprint density at radius 2 is 2.07 bits per heavy atom. The minimum Gasteiger partial charge on any atom is -0.382 e. The van der Waals surface area contributed by atoms with Gasteiger partial charge in [0, 0.05) is 4.47 Å². The quantitative estimate of drug-likeness (QED) is 0.844. The molecule has 0 aromatic heterocycles. The normalized spacial score (nSPS) is 11.5. The monoisotopic (exact) mass is 276 g/mol. The highest BCUT2D eigenvalue weighted by atomic mass is 79.9. The summed E-state index contributed by atoms with van der Waals surface area (Å²) in [6.45, 7) is 2.87. The Labute approximate surface area is 96.0 Å². The van der Waals surface area contributed by atoms with E-state index in [1.54, 1.807) is 18.2 Å². The summed E-state index contributed by atoms with van der Waals surface area (Å²) in [5.74, 6) is -0.394. The molecule has 0 bridgehead atoms. The fourth-order valence-corrected chi connectivity index (χ4v) is 1.94. The van der Waals surface area contributed by atoms with Gasteiger partial charge in [-0.15, -0.1) is 0 Å². The maximum absolute atomic E-state index is 11.7. The summed E-state index contributed by atoms with van der Waals surface area (Å²) in [6, 6.07) is 5.06. The minimum absolute atomic E-state index is 0.321. The van der Waals surface area contributed by atoms with E-state index < -0.39 is 11.4 Å². The van der Waals surface area contributed by atoms with Crippen LogP contribution in [0.4, 0.5) is 0 Å². The summed E-state index contributed by atoms with van der Waals surface area (Å²) < 4.78 is 0.595. The van der Waals surface area contributed by atoms with Crippen LogP contribution in [0.15, 0.2) is 22.7 Å². The van der Waals surface area contributed by atoms with Crippen LogP contribution in [0.3, 0.4) is 0 Å². The van der Waals surface area contributed by atoms with Crippen molar-refractivity contribution in [2.75, 3.05) is 0 Å². The van der Waals surface area contributed by atoms with Gasteiger partial charge in [0.1, 0.15) is 5.60 Å². The van der Waals surface area contributed by atoms with E-state index >= 15 is 0 Å². The molecule has 0 aliphatic rings. The van der Waals surface area contributed by atoms with Crippen molar-refractivity contribution in [3.8, 4) is 0 Å². The average molecular weight is 278 g/mol. The molecule has 0 fully saturated rings. The molecule has 0 aliphatic heterocycles. The number of aliphatic hydroxyl groups is 1. The second kappa shape index (κ2) is 4.01. The summed E-state index contributed by atoms with van der Waals surface area (Å²) in [5, 5.41) is 9.90. The van der Waals surface area contributed by atoms with Crippen LogP contribution in [0.2, 0.25) is 5.02 Å². The van der Waals surface area contributed by atoms with Gasteiger partial charge in [-0.05, 0) is 41.9 Å². The molecule has 0 atom stereocenters. The van der Waals surface area contributed by atoms with Gasteiger partial charge in [-0.2, -0.15) is 0 Å². The maximum Gasteiger partial charge on any atom is 0.196 e. The van der Waals surface area contributed by atoms with Crippen molar-refractivity contribution in [3.63, 3.8) is 0 Å². The van der Waals surface area contributed by atoms with Crippen molar-refractivity contribution < 1.29 is 9.90 Å². The molecule has 1 aromatic rings. The first kappa shape index (κ1) is 11.7. The number of carbonyl (C=O) groups is 1. The van der Waals surface area contributed by atoms with Crippen molar-refractivity contribution in [3.05, 3.63) is 33.3 Å². The molecular weight excluding hydrogens is 267 g/mol. The predicted molar refractivity (Wildman–Crippen MR) is 59.8 cm³/mol. The summed E-state index contributed by atoms with van der Waals surface area (Å²) in [7, 11) is 0. The van der Waals surface area contributed by atoms with Crippen molar-refractivity contribution >= 4 is 33.3 Å². The molecule has 0 spiro atoms. The average Bonchev–Trinajstić information content (AvgIpc) is 2.01. The van der Waals surface area contributed by atoms with E-state index in [-0.39, 0.29) is 0 Å². The predicted octanol–water partition coefficient (Wildman–Crippen LogP) is 3.06. The van der Waals surface area contributed by atoms with E-state index in [1.807, 2.05) is 0 Å². The molecule has 0 radical (unpaired) electrons. The molecule has 0 aliphatic carbocycles. The smallest absolute Gasteiger partial charge is 0.196 e. The van der Waals surface area contributed by atoms with Crippen molar-refractivity contribution in [1.82, 2.24) is 0 Å². The van der Waals surface area contributed by atoms with Crippen LogP contribution < -0.4 is 0 Å². The SMILES string of the molecule is CC(C)(O)C(=O)c1c(Cl)cccc1Br. The fraction of sp³-hybridized carbons (Fsp3) is 0.300. The van der Waals surface area contributed by atoms with Crippen LogP contribution in [-0.4, -0.2) is 16.5 Å². The zero-order valence-electron chi connectivity index (χ0n) is 7.84. The Balaban J connectivity index is 3.26. The zero-order valence-corrected chi connectivity index (χ0v) is 10.2. The maximum atomic E-state index is 11.7. The lowest BCUT2D eigenvalue weighted by Crippen LogP contribution is -2.31.